The summed E-state index contributed by atoms with van der Waals surface area (Å²) < 4.78 is 0.787. The molecule has 0 atom stereocenters. The second-order valence-corrected chi connectivity index (χ2v) is 7.14. The van der Waals surface area contributed by atoms with E-state index in [1.165, 1.54) is 16.2 Å². The van der Waals surface area contributed by atoms with E-state index in [9.17, 15) is 14.7 Å². The average molecular weight is 407 g/mol. The average Bonchev–Trinajstić information content (AvgIpc) is 3.13. The SMILES string of the molecule is CN(CCO)C1=C(c2cccs2)C(=O)N(c2cccc(Br)c2)C1=O. The summed E-state index contributed by atoms with van der Waals surface area (Å²) in [7, 11) is 1.70. The van der Waals surface area contributed by atoms with Crippen LogP contribution in [-0.4, -0.2) is 42.0 Å². The summed E-state index contributed by atoms with van der Waals surface area (Å²) in [6, 6.07) is 10.7. The van der Waals surface area contributed by atoms with Crippen LogP contribution in [0, 0.1) is 0 Å². The van der Waals surface area contributed by atoms with Gasteiger partial charge in [-0.2, -0.15) is 0 Å². The van der Waals surface area contributed by atoms with E-state index in [0.29, 0.717) is 17.0 Å². The van der Waals surface area contributed by atoms with Gasteiger partial charge in [0.1, 0.15) is 5.70 Å². The van der Waals surface area contributed by atoms with Crippen molar-refractivity contribution in [2.75, 3.05) is 25.1 Å². The number of halogens is 1. The molecule has 0 fully saturated rings. The Morgan fingerprint density at radius 3 is 2.62 bits per heavy atom. The van der Waals surface area contributed by atoms with Gasteiger partial charge in [-0.3, -0.25) is 9.59 Å². The number of thiophene rings is 1. The van der Waals surface area contributed by atoms with Crippen molar-refractivity contribution in [2.45, 2.75) is 0 Å². The summed E-state index contributed by atoms with van der Waals surface area (Å²) >= 11 is 4.78. The second-order valence-electron chi connectivity index (χ2n) is 5.27. The molecule has 2 aromatic rings. The van der Waals surface area contributed by atoms with Crippen LogP contribution < -0.4 is 4.90 Å². The van der Waals surface area contributed by atoms with Crippen molar-refractivity contribution in [3.05, 3.63) is 56.8 Å². The Morgan fingerprint density at radius 2 is 2.00 bits per heavy atom. The Kier molecular flexibility index (Phi) is 4.84. The Balaban J connectivity index is 2.11. The van der Waals surface area contributed by atoms with E-state index in [1.54, 1.807) is 30.1 Å². The quantitative estimate of drug-likeness (QED) is 0.775. The van der Waals surface area contributed by atoms with Crippen LogP contribution in [0.25, 0.3) is 5.57 Å². The molecule has 1 aliphatic heterocycles. The fraction of sp³-hybridized carbons (Fsp3) is 0.176. The van der Waals surface area contributed by atoms with Crippen LogP contribution in [0.5, 0.6) is 0 Å². The van der Waals surface area contributed by atoms with Gasteiger partial charge in [-0.05, 0) is 29.6 Å². The first kappa shape index (κ1) is 16.9. The zero-order valence-electron chi connectivity index (χ0n) is 12.9. The summed E-state index contributed by atoms with van der Waals surface area (Å²) in [6.07, 6.45) is 0. The lowest BCUT2D eigenvalue weighted by molar-refractivity contribution is -0.120. The van der Waals surface area contributed by atoms with E-state index in [-0.39, 0.29) is 25.0 Å². The predicted molar refractivity (Wildman–Crippen MR) is 97.6 cm³/mol. The molecule has 1 N–H and O–H groups in total. The van der Waals surface area contributed by atoms with Crippen molar-refractivity contribution in [3.63, 3.8) is 0 Å². The Labute approximate surface area is 151 Å². The summed E-state index contributed by atoms with van der Waals surface area (Å²) in [4.78, 5) is 29.5. The fourth-order valence-corrected chi connectivity index (χ4v) is 3.78. The molecule has 7 heteroatoms. The molecule has 0 saturated heterocycles. The maximum atomic E-state index is 13.0. The molecular weight excluding hydrogens is 392 g/mol. The number of anilines is 1. The van der Waals surface area contributed by atoms with Gasteiger partial charge in [0.15, 0.2) is 0 Å². The van der Waals surface area contributed by atoms with Gasteiger partial charge in [0.25, 0.3) is 11.8 Å². The molecule has 0 spiro atoms. The topological polar surface area (TPSA) is 60.9 Å². The van der Waals surface area contributed by atoms with E-state index in [0.717, 1.165) is 9.35 Å². The van der Waals surface area contributed by atoms with Crippen LogP contribution in [-0.2, 0) is 9.59 Å². The molecule has 1 aromatic heterocycles. The van der Waals surface area contributed by atoms with E-state index < -0.39 is 0 Å². The van der Waals surface area contributed by atoms with Crippen LogP contribution in [0.15, 0.2) is 51.9 Å². The van der Waals surface area contributed by atoms with E-state index in [4.69, 9.17) is 0 Å². The van der Waals surface area contributed by atoms with Gasteiger partial charge in [0.05, 0.1) is 17.9 Å². The number of hydrogen-bond acceptors (Lipinski definition) is 5. The molecule has 2 amide bonds. The highest BCUT2D eigenvalue weighted by Gasteiger charge is 2.42. The van der Waals surface area contributed by atoms with Crippen LogP contribution in [0.3, 0.4) is 0 Å². The van der Waals surface area contributed by atoms with Crippen LogP contribution in [0.4, 0.5) is 5.69 Å². The zero-order valence-corrected chi connectivity index (χ0v) is 15.3. The lowest BCUT2D eigenvalue weighted by Crippen LogP contribution is -2.34. The number of carbonyl (C=O) groups is 2. The number of rotatable bonds is 5. The maximum absolute atomic E-state index is 13.0. The number of imide groups is 1. The standard InChI is InChI=1S/C17H15BrN2O3S/c1-19(7-8-21)15-14(13-6-3-9-24-13)16(22)20(17(15)23)12-5-2-4-11(18)10-12/h2-6,9-10,21H,7-8H2,1H3. The van der Waals surface area contributed by atoms with E-state index in [2.05, 4.69) is 15.9 Å². The normalized spacial score (nSPS) is 14.7. The van der Waals surface area contributed by atoms with Crippen LogP contribution >= 0.6 is 27.3 Å². The third-order valence-corrected chi connectivity index (χ3v) is 5.09. The Morgan fingerprint density at radius 1 is 1.21 bits per heavy atom. The van der Waals surface area contributed by atoms with Crippen molar-refractivity contribution in [2.24, 2.45) is 0 Å². The van der Waals surface area contributed by atoms with Gasteiger partial charge in [0.2, 0.25) is 0 Å². The van der Waals surface area contributed by atoms with Gasteiger partial charge in [-0.25, -0.2) is 4.90 Å². The third kappa shape index (κ3) is 2.90. The van der Waals surface area contributed by atoms with Crippen molar-refractivity contribution < 1.29 is 14.7 Å². The molecule has 1 aliphatic rings. The zero-order chi connectivity index (χ0) is 17.3. The first-order valence-corrected chi connectivity index (χ1v) is 8.96. The molecular formula is C17H15BrN2O3S. The molecule has 0 unspecified atom stereocenters. The highest BCUT2D eigenvalue weighted by molar-refractivity contribution is 9.10. The van der Waals surface area contributed by atoms with Gasteiger partial charge >= 0.3 is 0 Å². The molecule has 0 aliphatic carbocycles. The fourth-order valence-electron chi connectivity index (χ4n) is 2.63. The van der Waals surface area contributed by atoms with Crippen molar-refractivity contribution in [1.82, 2.24) is 4.90 Å². The minimum absolute atomic E-state index is 0.101. The molecule has 5 nitrogen and oxygen atoms in total. The summed E-state index contributed by atoms with van der Waals surface area (Å²) in [5.74, 6) is -0.724. The van der Waals surface area contributed by atoms with Gasteiger partial charge in [0, 0.05) is 22.9 Å². The number of benzene rings is 1. The number of aliphatic hydroxyl groups excluding tert-OH is 1. The number of carbonyl (C=O) groups excluding carboxylic acids is 2. The molecule has 0 bridgehead atoms. The first-order chi connectivity index (χ1) is 11.5. The Hall–Kier alpha value is -1.96. The van der Waals surface area contributed by atoms with Crippen molar-refractivity contribution in [1.29, 1.82) is 0 Å². The summed E-state index contributed by atoms with van der Waals surface area (Å²) in [6.45, 7) is 0.172. The molecule has 24 heavy (non-hydrogen) atoms. The monoisotopic (exact) mass is 406 g/mol. The first-order valence-electron chi connectivity index (χ1n) is 7.29. The summed E-state index contributed by atoms with van der Waals surface area (Å²) in [5, 5.41) is 11.1. The van der Waals surface area contributed by atoms with Crippen molar-refractivity contribution >= 4 is 50.3 Å². The lowest BCUT2D eigenvalue weighted by atomic mass is 10.2. The summed E-state index contributed by atoms with van der Waals surface area (Å²) in [5.41, 5.74) is 1.21. The van der Waals surface area contributed by atoms with Gasteiger partial charge in [-0.1, -0.05) is 28.1 Å². The Bertz CT molecular complexity index is 817. The molecule has 124 valence electrons. The molecule has 2 heterocycles. The highest BCUT2D eigenvalue weighted by Crippen LogP contribution is 2.36. The van der Waals surface area contributed by atoms with Gasteiger partial charge in [-0.15, -0.1) is 11.3 Å². The number of hydrogen-bond donors (Lipinski definition) is 1. The number of amides is 2. The third-order valence-electron chi connectivity index (χ3n) is 3.71. The molecule has 3 rings (SSSR count). The van der Waals surface area contributed by atoms with Gasteiger partial charge < -0.3 is 10.0 Å². The van der Waals surface area contributed by atoms with Crippen molar-refractivity contribution in [3.8, 4) is 0 Å². The van der Waals surface area contributed by atoms with E-state index in [1.807, 2.05) is 23.6 Å². The van der Waals surface area contributed by atoms with Crippen LogP contribution in [0.1, 0.15) is 4.88 Å². The number of aliphatic hydroxyl groups is 1. The van der Waals surface area contributed by atoms with Crippen LogP contribution in [0.2, 0.25) is 0 Å². The maximum Gasteiger partial charge on any atom is 0.282 e. The minimum atomic E-state index is -0.377. The largest absolute Gasteiger partial charge is 0.395 e. The molecule has 0 saturated carbocycles. The second kappa shape index (κ2) is 6.88. The number of nitrogens with zero attached hydrogens (tertiary/aromatic N) is 2. The lowest BCUT2D eigenvalue weighted by Gasteiger charge is -2.20. The predicted octanol–water partition coefficient (Wildman–Crippen LogP) is 2.72. The van der Waals surface area contributed by atoms with E-state index >= 15 is 0 Å². The molecule has 0 radical (unpaired) electrons. The highest BCUT2D eigenvalue weighted by atomic mass is 79.9. The minimum Gasteiger partial charge on any atom is -0.395 e. The number of likely N-dealkylation sites (N-methyl/N-ethyl adjacent to an activating group) is 1. The molecule has 1 aromatic carbocycles. The smallest absolute Gasteiger partial charge is 0.282 e.